The molecule has 0 aromatic heterocycles. The van der Waals surface area contributed by atoms with Crippen LogP contribution in [-0.2, 0) is 4.79 Å². The van der Waals surface area contributed by atoms with E-state index < -0.39 is 0 Å². The van der Waals surface area contributed by atoms with Crippen LogP contribution in [0.15, 0.2) is 24.3 Å². The minimum absolute atomic E-state index is 0.0328. The SMILES string of the molecule is Cc1ccccc1C1NC2(CC2)C(=O)N1CC(C)(C)C. The lowest BCUT2D eigenvalue weighted by Crippen LogP contribution is -2.38. The second kappa shape index (κ2) is 4.32. The number of benzene rings is 1. The highest BCUT2D eigenvalue weighted by Gasteiger charge is 2.59. The summed E-state index contributed by atoms with van der Waals surface area (Å²) in [5, 5.41) is 3.60. The molecule has 1 unspecified atom stereocenters. The Labute approximate surface area is 121 Å². The predicted octanol–water partition coefficient (Wildman–Crippen LogP) is 3.00. The van der Waals surface area contributed by atoms with Crippen LogP contribution in [0.5, 0.6) is 0 Å². The number of hydrogen-bond donors (Lipinski definition) is 1. The average molecular weight is 272 g/mol. The second-order valence-corrected chi connectivity index (χ2v) is 7.48. The zero-order valence-electron chi connectivity index (χ0n) is 12.9. The molecule has 2 fully saturated rings. The van der Waals surface area contributed by atoms with Gasteiger partial charge in [0.15, 0.2) is 0 Å². The quantitative estimate of drug-likeness (QED) is 0.897. The summed E-state index contributed by atoms with van der Waals surface area (Å²) >= 11 is 0. The van der Waals surface area contributed by atoms with Crippen molar-refractivity contribution in [3.05, 3.63) is 35.4 Å². The normalized spacial score (nSPS) is 24.5. The van der Waals surface area contributed by atoms with Gasteiger partial charge < -0.3 is 4.90 Å². The van der Waals surface area contributed by atoms with E-state index in [1.807, 2.05) is 0 Å². The highest BCUT2D eigenvalue weighted by Crippen LogP contribution is 2.47. The van der Waals surface area contributed by atoms with Crippen LogP contribution in [0.3, 0.4) is 0 Å². The fourth-order valence-corrected chi connectivity index (χ4v) is 3.09. The molecule has 1 saturated carbocycles. The van der Waals surface area contributed by atoms with Crippen LogP contribution in [0, 0.1) is 12.3 Å². The summed E-state index contributed by atoms with van der Waals surface area (Å²) in [6, 6.07) is 8.37. The topological polar surface area (TPSA) is 32.3 Å². The van der Waals surface area contributed by atoms with Gasteiger partial charge in [-0.1, -0.05) is 45.0 Å². The maximum absolute atomic E-state index is 12.7. The number of carbonyl (C=O) groups excluding carboxylic acids is 1. The first-order valence-corrected chi connectivity index (χ1v) is 7.47. The molecule has 1 aliphatic carbocycles. The summed E-state index contributed by atoms with van der Waals surface area (Å²) in [4.78, 5) is 14.8. The van der Waals surface area contributed by atoms with Gasteiger partial charge >= 0.3 is 0 Å². The maximum atomic E-state index is 12.7. The van der Waals surface area contributed by atoms with Crippen LogP contribution >= 0.6 is 0 Å². The third-order valence-electron chi connectivity index (χ3n) is 4.27. The van der Waals surface area contributed by atoms with Gasteiger partial charge in [-0.2, -0.15) is 0 Å². The Bertz CT molecular complexity index is 540. The van der Waals surface area contributed by atoms with Crippen molar-refractivity contribution in [1.29, 1.82) is 0 Å². The first-order valence-electron chi connectivity index (χ1n) is 7.47. The van der Waals surface area contributed by atoms with Gasteiger partial charge in [0.1, 0.15) is 11.7 Å². The van der Waals surface area contributed by atoms with Gasteiger partial charge in [-0.25, -0.2) is 0 Å². The number of nitrogens with zero attached hydrogens (tertiary/aromatic N) is 1. The lowest BCUT2D eigenvalue weighted by atomic mass is 9.95. The highest BCUT2D eigenvalue weighted by molar-refractivity contribution is 5.92. The lowest BCUT2D eigenvalue weighted by Gasteiger charge is -2.31. The summed E-state index contributed by atoms with van der Waals surface area (Å²) in [6.07, 6.45) is 1.99. The molecule has 1 amide bonds. The van der Waals surface area contributed by atoms with Crippen molar-refractivity contribution in [2.45, 2.75) is 52.2 Å². The van der Waals surface area contributed by atoms with Crippen LogP contribution < -0.4 is 5.32 Å². The third kappa shape index (κ3) is 2.24. The Morgan fingerprint density at radius 2 is 1.95 bits per heavy atom. The van der Waals surface area contributed by atoms with Crippen molar-refractivity contribution in [2.75, 3.05) is 6.54 Å². The van der Waals surface area contributed by atoms with E-state index in [2.05, 4.69) is 62.2 Å². The number of amides is 1. The number of nitrogens with one attached hydrogen (secondary N) is 1. The summed E-state index contributed by atoms with van der Waals surface area (Å²) in [6.45, 7) is 9.47. The van der Waals surface area contributed by atoms with Crippen LogP contribution in [0.25, 0.3) is 0 Å². The Morgan fingerprint density at radius 3 is 2.50 bits per heavy atom. The molecule has 1 atom stereocenters. The van der Waals surface area contributed by atoms with Crippen LogP contribution in [-0.4, -0.2) is 22.9 Å². The monoisotopic (exact) mass is 272 g/mol. The summed E-state index contributed by atoms with van der Waals surface area (Å²) in [5.74, 6) is 0.292. The van der Waals surface area contributed by atoms with E-state index in [-0.39, 0.29) is 17.1 Å². The zero-order valence-corrected chi connectivity index (χ0v) is 12.9. The zero-order chi connectivity index (χ0) is 14.5. The molecule has 1 saturated heterocycles. The molecule has 1 heterocycles. The van der Waals surface area contributed by atoms with Crippen molar-refractivity contribution in [3.8, 4) is 0 Å². The van der Waals surface area contributed by atoms with Gasteiger partial charge in [-0.15, -0.1) is 0 Å². The summed E-state index contributed by atoms with van der Waals surface area (Å²) < 4.78 is 0. The van der Waals surface area contributed by atoms with Crippen LogP contribution in [0.2, 0.25) is 0 Å². The number of aryl methyl sites for hydroxylation is 1. The van der Waals surface area contributed by atoms with Crippen molar-refractivity contribution >= 4 is 5.91 Å². The molecular weight excluding hydrogens is 248 g/mol. The number of rotatable bonds is 2. The van der Waals surface area contributed by atoms with Crippen LogP contribution in [0.1, 0.15) is 50.9 Å². The summed E-state index contributed by atoms with van der Waals surface area (Å²) in [5.41, 5.74) is 2.33. The standard InChI is InChI=1S/C17H24N2O/c1-12-7-5-6-8-13(12)14-18-17(9-10-17)15(20)19(14)11-16(2,3)4/h5-8,14,18H,9-11H2,1-4H3. The van der Waals surface area contributed by atoms with E-state index in [4.69, 9.17) is 0 Å². The third-order valence-corrected chi connectivity index (χ3v) is 4.27. The fraction of sp³-hybridized carbons (Fsp3) is 0.588. The second-order valence-electron chi connectivity index (χ2n) is 7.48. The largest absolute Gasteiger partial charge is 0.321 e. The Hall–Kier alpha value is -1.35. The molecule has 1 aromatic carbocycles. The van der Waals surface area contributed by atoms with Crippen molar-refractivity contribution in [2.24, 2.45) is 5.41 Å². The van der Waals surface area contributed by atoms with Crippen LogP contribution in [0.4, 0.5) is 0 Å². The van der Waals surface area contributed by atoms with E-state index in [1.165, 1.54) is 11.1 Å². The predicted molar refractivity (Wildman–Crippen MR) is 80.2 cm³/mol. The molecule has 20 heavy (non-hydrogen) atoms. The number of carbonyl (C=O) groups is 1. The van der Waals surface area contributed by atoms with E-state index >= 15 is 0 Å². The van der Waals surface area contributed by atoms with E-state index in [9.17, 15) is 4.79 Å². The molecule has 3 rings (SSSR count). The van der Waals surface area contributed by atoms with Gasteiger partial charge in [-0.05, 0) is 36.3 Å². The van der Waals surface area contributed by atoms with Crippen molar-refractivity contribution in [3.63, 3.8) is 0 Å². The van der Waals surface area contributed by atoms with Crippen molar-refractivity contribution in [1.82, 2.24) is 10.2 Å². The van der Waals surface area contributed by atoms with Gasteiger partial charge in [0.2, 0.25) is 5.91 Å². The van der Waals surface area contributed by atoms with E-state index in [0.717, 1.165) is 19.4 Å². The lowest BCUT2D eigenvalue weighted by molar-refractivity contribution is -0.132. The molecule has 1 aromatic rings. The number of hydrogen-bond acceptors (Lipinski definition) is 2. The first-order chi connectivity index (χ1) is 9.32. The highest BCUT2D eigenvalue weighted by atomic mass is 16.2. The molecule has 3 heteroatoms. The first kappa shape index (κ1) is 13.6. The minimum atomic E-state index is -0.252. The molecule has 0 bridgehead atoms. The van der Waals surface area contributed by atoms with Gasteiger partial charge in [0.25, 0.3) is 0 Å². The van der Waals surface area contributed by atoms with Gasteiger partial charge in [0.05, 0.1) is 0 Å². The van der Waals surface area contributed by atoms with E-state index in [0.29, 0.717) is 5.91 Å². The molecule has 2 aliphatic rings. The molecule has 1 N–H and O–H groups in total. The smallest absolute Gasteiger partial charge is 0.244 e. The molecular formula is C17H24N2O. The van der Waals surface area contributed by atoms with Gasteiger partial charge in [0, 0.05) is 6.54 Å². The molecule has 1 spiro atoms. The minimum Gasteiger partial charge on any atom is -0.321 e. The molecule has 3 nitrogen and oxygen atoms in total. The van der Waals surface area contributed by atoms with Crippen molar-refractivity contribution < 1.29 is 4.79 Å². The molecule has 0 radical (unpaired) electrons. The Morgan fingerprint density at radius 1 is 1.30 bits per heavy atom. The Kier molecular flexibility index (Phi) is 2.94. The fourth-order valence-electron chi connectivity index (χ4n) is 3.09. The Balaban J connectivity index is 1.96. The molecule has 1 aliphatic heterocycles. The average Bonchev–Trinajstić information content (AvgIpc) is 3.09. The van der Waals surface area contributed by atoms with E-state index in [1.54, 1.807) is 0 Å². The van der Waals surface area contributed by atoms with Gasteiger partial charge in [-0.3, -0.25) is 10.1 Å². The maximum Gasteiger partial charge on any atom is 0.244 e. The molecule has 108 valence electrons. The summed E-state index contributed by atoms with van der Waals surface area (Å²) in [7, 11) is 0.